The van der Waals surface area contributed by atoms with Crippen molar-refractivity contribution in [2.24, 2.45) is 0 Å². The summed E-state index contributed by atoms with van der Waals surface area (Å²) < 4.78 is 43.8. The number of aromatic nitrogens is 2. The lowest BCUT2D eigenvalue weighted by molar-refractivity contribution is -0.138. The molecule has 0 radical (unpaired) electrons. The first kappa shape index (κ1) is 22.3. The van der Waals surface area contributed by atoms with E-state index in [4.69, 9.17) is 0 Å². The number of hydrogen-bond acceptors (Lipinski definition) is 3. The fourth-order valence-corrected chi connectivity index (χ4v) is 4.47. The Morgan fingerprint density at radius 3 is 2.56 bits per heavy atom. The number of imidazole rings is 1. The summed E-state index contributed by atoms with van der Waals surface area (Å²) in [6.07, 6.45) is -3.91. The number of fused-ring (bicyclic) bond motifs is 1. The molecule has 1 atom stereocenters. The van der Waals surface area contributed by atoms with Gasteiger partial charge in [-0.3, -0.25) is 14.3 Å². The molecule has 2 aromatic carbocycles. The molecule has 8 heteroatoms. The summed E-state index contributed by atoms with van der Waals surface area (Å²) >= 11 is 0. The fraction of sp³-hybridized carbons (Fsp3) is 0.417. The third-order valence-electron chi connectivity index (χ3n) is 6.32. The van der Waals surface area contributed by atoms with Gasteiger partial charge in [0, 0.05) is 37.9 Å². The van der Waals surface area contributed by atoms with Crippen molar-refractivity contribution >= 4 is 16.9 Å². The van der Waals surface area contributed by atoms with E-state index >= 15 is 0 Å². The number of rotatable bonds is 4. The molecule has 32 heavy (non-hydrogen) atoms. The van der Waals surface area contributed by atoms with Crippen molar-refractivity contribution in [3.05, 3.63) is 59.4 Å². The average Bonchev–Trinajstić information content (AvgIpc) is 3.36. The molecule has 0 N–H and O–H groups in total. The molecular formula is C24H27F3N4O. The monoisotopic (exact) mass is 444 g/mol. The van der Waals surface area contributed by atoms with E-state index in [1.54, 1.807) is 24.6 Å². The number of para-hydroxylation sites is 2. The fourth-order valence-electron chi connectivity index (χ4n) is 4.47. The van der Waals surface area contributed by atoms with Crippen LogP contribution in [0.25, 0.3) is 16.7 Å². The molecule has 170 valence electrons. The predicted octanol–water partition coefficient (Wildman–Crippen LogP) is 4.91. The van der Waals surface area contributed by atoms with Crippen molar-refractivity contribution < 1.29 is 18.0 Å². The standard InChI is InChI=1S/C24H27F3N4O/c1-15(2)30-12-11-18(14-30)29(4)23(32)19-10-9-17(13-20(19)24(25,26)27)31-16(3)28-21-7-5-6-8-22(21)31/h5-10,13,15,18H,11-12,14H2,1-4H3. The molecule has 5 nitrogen and oxygen atoms in total. The Balaban J connectivity index is 1.72. The van der Waals surface area contributed by atoms with E-state index in [-0.39, 0.29) is 11.6 Å². The first-order valence-corrected chi connectivity index (χ1v) is 10.7. The van der Waals surface area contributed by atoms with Crippen LogP contribution in [-0.4, -0.2) is 57.5 Å². The number of carbonyl (C=O) groups is 1. The Morgan fingerprint density at radius 2 is 1.91 bits per heavy atom. The maximum Gasteiger partial charge on any atom is 0.417 e. The number of hydrogen-bond donors (Lipinski definition) is 0. The lowest BCUT2D eigenvalue weighted by atomic mass is 10.0. The summed E-state index contributed by atoms with van der Waals surface area (Å²) in [4.78, 5) is 21.3. The quantitative estimate of drug-likeness (QED) is 0.574. The summed E-state index contributed by atoms with van der Waals surface area (Å²) in [6, 6.07) is 11.4. The Hall–Kier alpha value is -2.87. The normalized spacial score (nSPS) is 17.4. The van der Waals surface area contributed by atoms with Gasteiger partial charge in [0.25, 0.3) is 5.91 Å². The van der Waals surface area contributed by atoms with E-state index < -0.39 is 17.6 Å². The zero-order chi connectivity index (χ0) is 23.2. The number of alkyl halides is 3. The minimum Gasteiger partial charge on any atom is -0.337 e. The van der Waals surface area contributed by atoms with E-state index in [1.807, 2.05) is 24.3 Å². The molecule has 3 aromatic rings. The smallest absolute Gasteiger partial charge is 0.337 e. The highest BCUT2D eigenvalue weighted by molar-refractivity contribution is 5.96. The van der Waals surface area contributed by atoms with Crippen LogP contribution in [0.4, 0.5) is 13.2 Å². The van der Waals surface area contributed by atoms with Gasteiger partial charge in [0.2, 0.25) is 0 Å². The van der Waals surface area contributed by atoms with Gasteiger partial charge in [-0.2, -0.15) is 13.2 Å². The first-order valence-electron chi connectivity index (χ1n) is 10.7. The highest BCUT2D eigenvalue weighted by Gasteiger charge is 2.38. The molecule has 1 aromatic heterocycles. The van der Waals surface area contributed by atoms with E-state index in [0.29, 0.717) is 35.1 Å². The van der Waals surface area contributed by atoms with Gasteiger partial charge in [-0.1, -0.05) is 12.1 Å². The zero-order valence-electron chi connectivity index (χ0n) is 18.6. The van der Waals surface area contributed by atoms with Gasteiger partial charge in [-0.25, -0.2) is 4.98 Å². The molecule has 1 saturated heterocycles. The molecule has 1 amide bonds. The summed E-state index contributed by atoms with van der Waals surface area (Å²) in [6.45, 7) is 7.40. The van der Waals surface area contributed by atoms with E-state index in [2.05, 4.69) is 23.7 Å². The van der Waals surface area contributed by atoms with Crippen molar-refractivity contribution in [1.82, 2.24) is 19.4 Å². The van der Waals surface area contributed by atoms with Crippen molar-refractivity contribution in [2.45, 2.75) is 45.5 Å². The predicted molar refractivity (Wildman–Crippen MR) is 118 cm³/mol. The summed E-state index contributed by atoms with van der Waals surface area (Å²) in [5.41, 5.74) is 0.495. The van der Waals surface area contributed by atoms with Crippen LogP contribution in [0.15, 0.2) is 42.5 Å². The van der Waals surface area contributed by atoms with Crippen molar-refractivity contribution in [1.29, 1.82) is 0 Å². The Labute approximate surface area is 185 Å². The number of halogens is 3. The summed E-state index contributed by atoms with van der Waals surface area (Å²) in [7, 11) is 1.60. The Kier molecular flexibility index (Phi) is 5.75. The number of likely N-dealkylation sites (N-methyl/N-ethyl adjacent to an activating group) is 1. The van der Waals surface area contributed by atoms with Crippen LogP contribution < -0.4 is 0 Å². The molecule has 0 spiro atoms. The topological polar surface area (TPSA) is 41.4 Å². The van der Waals surface area contributed by atoms with Crippen molar-refractivity contribution in [2.75, 3.05) is 20.1 Å². The molecule has 0 bridgehead atoms. The zero-order valence-corrected chi connectivity index (χ0v) is 18.6. The maximum absolute atomic E-state index is 14.0. The van der Waals surface area contributed by atoms with Crippen LogP contribution >= 0.6 is 0 Å². The molecular weight excluding hydrogens is 417 g/mol. The van der Waals surface area contributed by atoms with Crippen LogP contribution in [-0.2, 0) is 6.18 Å². The number of likely N-dealkylation sites (tertiary alicyclic amines) is 1. The van der Waals surface area contributed by atoms with Gasteiger partial charge in [0.15, 0.2) is 0 Å². The summed E-state index contributed by atoms with van der Waals surface area (Å²) in [5, 5.41) is 0. The highest BCUT2D eigenvalue weighted by atomic mass is 19.4. The largest absolute Gasteiger partial charge is 0.417 e. The molecule has 1 aliphatic heterocycles. The van der Waals surface area contributed by atoms with Crippen LogP contribution in [0.5, 0.6) is 0 Å². The lowest BCUT2D eigenvalue weighted by Crippen LogP contribution is -2.40. The van der Waals surface area contributed by atoms with Crippen LogP contribution in [0.1, 0.15) is 42.0 Å². The van der Waals surface area contributed by atoms with Crippen LogP contribution in [0.2, 0.25) is 0 Å². The third kappa shape index (κ3) is 3.99. The number of carbonyl (C=O) groups excluding carboxylic acids is 1. The molecule has 0 saturated carbocycles. The van der Waals surface area contributed by atoms with Crippen LogP contribution in [0.3, 0.4) is 0 Å². The highest BCUT2D eigenvalue weighted by Crippen LogP contribution is 2.35. The maximum atomic E-state index is 14.0. The van der Waals surface area contributed by atoms with E-state index in [1.165, 1.54) is 11.0 Å². The minimum atomic E-state index is -4.66. The van der Waals surface area contributed by atoms with Crippen molar-refractivity contribution in [3.8, 4) is 5.69 Å². The third-order valence-corrected chi connectivity index (χ3v) is 6.32. The number of nitrogens with zero attached hydrogens (tertiary/aromatic N) is 4. The molecule has 1 fully saturated rings. The van der Waals surface area contributed by atoms with Gasteiger partial charge < -0.3 is 4.90 Å². The second kappa shape index (κ2) is 8.24. The molecule has 4 rings (SSSR count). The van der Waals surface area contributed by atoms with Crippen LogP contribution in [0, 0.1) is 6.92 Å². The molecule has 1 unspecified atom stereocenters. The lowest BCUT2D eigenvalue weighted by Gasteiger charge is -2.27. The Morgan fingerprint density at radius 1 is 1.19 bits per heavy atom. The summed E-state index contributed by atoms with van der Waals surface area (Å²) in [5.74, 6) is -0.0260. The molecule has 0 aliphatic carbocycles. The van der Waals surface area contributed by atoms with Gasteiger partial charge in [-0.15, -0.1) is 0 Å². The van der Waals surface area contributed by atoms with Crippen molar-refractivity contribution in [3.63, 3.8) is 0 Å². The number of aryl methyl sites for hydroxylation is 1. The minimum absolute atomic E-state index is 0.106. The van der Waals surface area contributed by atoms with Gasteiger partial charge in [0.05, 0.1) is 22.2 Å². The molecule has 2 heterocycles. The van der Waals surface area contributed by atoms with E-state index in [9.17, 15) is 18.0 Å². The average molecular weight is 445 g/mol. The number of benzene rings is 2. The van der Waals surface area contributed by atoms with Gasteiger partial charge in [0.1, 0.15) is 5.82 Å². The van der Waals surface area contributed by atoms with Gasteiger partial charge in [-0.05, 0) is 57.5 Å². The van der Waals surface area contributed by atoms with Gasteiger partial charge >= 0.3 is 6.18 Å². The first-order chi connectivity index (χ1) is 15.1. The number of amides is 1. The molecule has 1 aliphatic rings. The second-order valence-corrected chi connectivity index (χ2v) is 8.66. The second-order valence-electron chi connectivity index (χ2n) is 8.66. The SMILES string of the molecule is Cc1nc2ccccc2n1-c1ccc(C(=O)N(C)C2CCN(C(C)C)C2)c(C(F)(F)F)c1. The Bertz CT molecular complexity index is 1150. The van der Waals surface area contributed by atoms with E-state index in [0.717, 1.165) is 19.0 Å².